The largest absolute Gasteiger partial charge is 0.294 e. The second-order valence-corrected chi connectivity index (χ2v) is 14.5. The Hall–Kier alpha value is -7.69. The van der Waals surface area contributed by atoms with E-state index in [0.717, 1.165) is 84.3 Å². The quantitative estimate of drug-likeness (QED) is 0.154. The normalized spacial score (nSPS) is 11.5. The molecule has 0 aliphatic heterocycles. The Kier molecular flexibility index (Phi) is 7.78. The van der Waals surface area contributed by atoms with Crippen LogP contribution in [-0.4, -0.2) is 19.5 Å². The van der Waals surface area contributed by atoms with E-state index in [2.05, 4.69) is 199 Å². The number of hydrogen-bond acceptors (Lipinski definition) is 3. The number of pyridine rings is 3. The lowest BCUT2D eigenvalue weighted by Gasteiger charge is -2.15. The minimum Gasteiger partial charge on any atom is -0.294 e. The van der Waals surface area contributed by atoms with Crippen LogP contribution >= 0.6 is 0 Å². The van der Waals surface area contributed by atoms with Crippen LogP contribution in [0.4, 0.5) is 0 Å². The molecule has 0 radical (unpaired) electrons. The second kappa shape index (κ2) is 13.6. The lowest BCUT2D eigenvalue weighted by atomic mass is 9.99. The van der Waals surface area contributed by atoms with Gasteiger partial charge in [0.1, 0.15) is 5.82 Å². The van der Waals surface area contributed by atoms with E-state index in [4.69, 9.17) is 15.0 Å². The van der Waals surface area contributed by atoms with Crippen molar-refractivity contribution >= 4 is 32.6 Å². The van der Waals surface area contributed by atoms with Gasteiger partial charge >= 0.3 is 0 Å². The minimum absolute atomic E-state index is 0.765. The highest BCUT2D eigenvalue weighted by molar-refractivity contribution is 6.24. The summed E-state index contributed by atoms with van der Waals surface area (Å²) < 4.78 is 2.32. The van der Waals surface area contributed by atoms with Gasteiger partial charge in [0.05, 0.1) is 39.5 Å². The summed E-state index contributed by atoms with van der Waals surface area (Å²) in [5.74, 6) is 0.806. The van der Waals surface area contributed by atoms with E-state index >= 15 is 0 Å². The number of hydrogen-bond donors (Lipinski definition) is 0. The molecule has 4 nitrogen and oxygen atoms in total. The van der Waals surface area contributed by atoms with Gasteiger partial charge in [-0.25, -0.2) is 15.0 Å². The van der Waals surface area contributed by atoms with Crippen LogP contribution < -0.4 is 0 Å². The summed E-state index contributed by atoms with van der Waals surface area (Å²) >= 11 is 0. The van der Waals surface area contributed by atoms with Crippen LogP contribution in [0.1, 0.15) is 0 Å². The topological polar surface area (TPSA) is 43.6 Å². The van der Waals surface area contributed by atoms with Crippen molar-refractivity contribution in [2.24, 2.45) is 0 Å². The van der Waals surface area contributed by atoms with Gasteiger partial charge in [0.25, 0.3) is 0 Å². The molecule has 57 heavy (non-hydrogen) atoms. The molecule has 0 N–H and O–H groups in total. The van der Waals surface area contributed by atoms with E-state index in [9.17, 15) is 0 Å². The summed E-state index contributed by atoms with van der Waals surface area (Å²) in [5.41, 5.74) is 13.9. The van der Waals surface area contributed by atoms with Gasteiger partial charge < -0.3 is 0 Å². The van der Waals surface area contributed by atoms with Crippen LogP contribution in [0.5, 0.6) is 0 Å². The van der Waals surface area contributed by atoms with E-state index in [1.807, 2.05) is 12.1 Å². The minimum atomic E-state index is 0.765. The van der Waals surface area contributed by atoms with Crippen LogP contribution in [0.15, 0.2) is 206 Å². The molecule has 0 saturated heterocycles. The van der Waals surface area contributed by atoms with Gasteiger partial charge in [0.15, 0.2) is 0 Å². The Morgan fingerprint density at radius 2 is 0.649 bits per heavy atom. The molecule has 0 unspecified atom stereocenters. The van der Waals surface area contributed by atoms with Gasteiger partial charge in [-0.1, -0.05) is 158 Å². The number of rotatable bonds is 7. The summed E-state index contributed by atoms with van der Waals surface area (Å²) in [6.07, 6.45) is 0. The molecule has 0 atom stereocenters. The maximum atomic E-state index is 5.53. The fourth-order valence-corrected chi connectivity index (χ4v) is 8.22. The molecule has 4 heterocycles. The number of benzene rings is 7. The summed E-state index contributed by atoms with van der Waals surface area (Å²) in [5, 5.41) is 4.90. The maximum Gasteiger partial charge on any atom is 0.139 e. The lowest BCUT2D eigenvalue weighted by molar-refractivity contribution is 1.08. The summed E-state index contributed by atoms with van der Waals surface area (Å²) in [4.78, 5) is 16.3. The van der Waals surface area contributed by atoms with Crippen molar-refractivity contribution in [2.45, 2.75) is 0 Å². The van der Waals surface area contributed by atoms with Gasteiger partial charge in [-0.2, -0.15) is 0 Å². The zero-order valence-electron chi connectivity index (χ0n) is 30.9. The van der Waals surface area contributed by atoms with Crippen LogP contribution in [0.2, 0.25) is 0 Å². The molecule has 0 spiro atoms. The van der Waals surface area contributed by atoms with Gasteiger partial charge in [0, 0.05) is 27.5 Å². The average molecular weight is 727 g/mol. The maximum absolute atomic E-state index is 5.53. The molecule has 11 aromatic rings. The molecule has 0 amide bonds. The van der Waals surface area contributed by atoms with E-state index in [-0.39, 0.29) is 0 Å². The summed E-state index contributed by atoms with van der Waals surface area (Å²) in [6, 6.07) is 72.5. The molecule has 4 heteroatoms. The van der Waals surface area contributed by atoms with Crippen molar-refractivity contribution in [3.8, 4) is 73.2 Å². The highest BCUT2D eigenvalue weighted by atomic mass is 15.1. The first-order valence-electron chi connectivity index (χ1n) is 19.3. The predicted molar refractivity (Wildman–Crippen MR) is 235 cm³/mol. The third-order valence-corrected chi connectivity index (χ3v) is 10.9. The molecule has 0 bridgehead atoms. The van der Waals surface area contributed by atoms with Crippen LogP contribution in [0.3, 0.4) is 0 Å². The van der Waals surface area contributed by atoms with Crippen molar-refractivity contribution in [3.05, 3.63) is 206 Å². The Balaban J connectivity index is 1.21. The SMILES string of the molecule is c1ccc(-c2cc(-c3ccccc3)nc(-c3cc(-c4cc(-c5ccccc5)cc(-c5ccccc5)n4)nc(-n4c5cccc6ccc7cccc4c7c65)c3)c2)cc1. The molecule has 11 rings (SSSR count). The molecule has 4 aromatic heterocycles. The third kappa shape index (κ3) is 5.83. The Bertz CT molecular complexity index is 2880. The van der Waals surface area contributed by atoms with Gasteiger partial charge in [-0.05, 0) is 81.6 Å². The molecule has 0 aliphatic rings. The molecule has 266 valence electrons. The molecule has 0 fully saturated rings. The fourth-order valence-electron chi connectivity index (χ4n) is 8.22. The second-order valence-electron chi connectivity index (χ2n) is 14.5. The first-order valence-corrected chi connectivity index (χ1v) is 19.3. The highest BCUT2D eigenvalue weighted by Gasteiger charge is 2.20. The lowest BCUT2D eigenvalue weighted by Crippen LogP contribution is -2.02. The Labute approximate surface area is 330 Å². The van der Waals surface area contributed by atoms with E-state index < -0.39 is 0 Å². The summed E-state index contributed by atoms with van der Waals surface area (Å²) in [6.45, 7) is 0. The number of aromatic nitrogens is 4. The van der Waals surface area contributed by atoms with Crippen LogP contribution in [-0.2, 0) is 0 Å². The van der Waals surface area contributed by atoms with Crippen LogP contribution in [0.25, 0.3) is 106 Å². The first kappa shape index (κ1) is 32.7. The molecule has 0 aliphatic carbocycles. The standard InChI is InChI=1S/C53H34N4/c1-5-15-35(16-6-1)41-29-44(37-19-9-3-10-20-37)54-46(31-41)43-33-48(47-32-42(36-17-7-2-8-18-36)30-45(55-47)38-21-11-4-12-22-38)56-51(34-43)57-49-25-13-23-39-27-28-40-24-14-26-50(57)53(40)52(39)49/h1-34H. The predicted octanol–water partition coefficient (Wildman–Crippen LogP) is 13.6. The van der Waals surface area contributed by atoms with Crippen molar-refractivity contribution in [2.75, 3.05) is 0 Å². The van der Waals surface area contributed by atoms with Crippen molar-refractivity contribution in [1.29, 1.82) is 0 Å². The smallest absolute Gasteiger partial charge is 0.139 e. The fraction of sp³-hybridized carbons (Fsp3) is 0. The summed E-state index contributed by atoms with van der Waals surface area (Å²) in [7, 11) is 0. The molecule has 0 saturated carbocycles. The molecular formula is C53H34N4. The Morgan fingerprint density at radius 3 is 1.14 bits per heavy atom. The molecular weight excluding hydrogens is 693 g/mol. The number of nitrogens with zero attached hydrogens (tertiary/aromatic N) is 4. The van der Waals surface area contributed by atoms with Gasteiger partial charge in [-0.15, -0.1) is 0 Å². The van der Waals surface area contributed by atoms with Gasteiger partial charge in [-0.3, -0.25) is 4.57 Å². The van der Waals surface area contributed by atoms with Crippen molar-refractivity contribution < 1.29 is 0 Å². The molecule has 7 aromatic carbocycles. The highest BCUT2D eigenvalue weighted by Crippen LogP contribution is 2.40. The van der Waals surface area contributed by atoms with E-state index in [1.165, 1.54) is 21.5 Å². The average Bonchev–Trinajstić information content (AvgIpc) is 3.65. The van der Waals surface area contributed by atoms with Crippen molar-refractivity contribution in [3.63, 3.8) is 0 Å². The zero-order chi connectivity index (χ0) is 37.7. The van der Waals surface area contributed by atoms with E-state index in [0.29, 0.717) is 0 Å². The first-order chi connectivity index (χ1) is 28.2. The van der Waals surface area contributed by atoms with Crippen LogP contribution in [0, 0.1) is 0 Å². The van der Waals surface area contributed by atoms with Gasteiger partial charge in [0.2, 0.25) is 0 Å². The zero-order valence-corrected chi connectivity index (χ0v) is 30.9. The monoisotopic (exact) mass is 726 g/mol. The Morgan fingerprint density at radius 1 is 0.263 bits per heavy atom. The van der Waals surface area contributed by atoms with E-state index in [1.54, 1.807) is 0 Å². The van der Waals surface area contributed by atoms with Crippen molar-refractivity contribution in [1.82, 2.24) is 19.5 Å². The third-order valence-electron chi connectivity index (χ3n) is 10.9.